The van der Waals surface area contributed by atoms with E-state index >= 15 is 0 Å². The fraction of sp³-hybridized carbons (Fsp3) is 0.765. The second-order valence-corrected chi connectivity index (χ2v) is 6.15. The lowest BCUT2D eigenvalue weighted by atomic mass is 10.2. The Hall–Kier alpha value is -1.32. The van der Waals surface area contributed by atoms with Gasteiger partial charge in [-0.05, 0) is 27.2 Å². The van der Waals surface area contributed by atoms with Gasteiger partial charge in [0, 0.05) is 31.1 Å². The minimum absolute atomic E-state index is 0.340. The van der Waals surface area contributed by atoms with E-state index < -0.39 is 0 Å². The van der Waals surface area contributed by atoms with Gasteiger partial charge in [0.25, 0.3) is 0 Å². The summed E-state index contributed by atoms with van der Waals surface area (Å²) in [6.07, 6.45) is 3.73. The summed E-state index contributed by atoms with van der Waals surface area (Å²) in [5.74, 6) is 3.25. The normalized spacial score (nSPS) is 11.2. The number of nitrogens with one attached hydrogen (secondary N) is 1. The van der Waals surface area contributed by atoms with Crippen molar-refractivity contribution in [2.75, 3.05) is 23.3 Å². The summed E-state index contributed by atoms with van der Waals surface area (Å²) in [6, 6.07) is 2.53. The number of rotatable bonds is 9. The summed E-state index contributed by atoms with van der Waals surface area (Å²) in [4.78, 5) is 11.8. The standard InChI is InChI=1S/C17H32N4/c1-7-9-10-11-21(14(5)6)16-12-15(18-8-2)19-17(20-16)13(3)4/h12-14H,7-11H2,1-6H3,(H,18,19,20). The van der Waals surface area contributed by atoms with Crippen molar-refractivity contribution < 1.29 is 0 Å². The highest BCUT2D eigenvalue weighted by Crippen LogP contribution is 2.22. The molecule has 0 spiro atoms. The molecular weight excluding hydrogens is 260 g/mol. The van der Waals surface area contributed by atoms with Crippen molar-refractivity contribution in [2.24, 2.45) is 0 Å². The van der Waals surface area contributed by atoms with Crippen molar-refractivity contribution in [1.29, 1.82) is 0 Å². The highest BCUT2D eigenvalue weighted by atomic mass is 15.2. The zero-order valence-electron chi connectivity index (χ0n) is 14.6. The van der Waals surface area contributed by atoms with Gasteiger partial charge in [0.05, 0.1) is 0 Å². The molecule has 1 rings (SSSR count). The summed E-state index contributed by atoms with van der Waals surface area (Å²) in [6.45, 7) is 15.0. The maximum atomic E-state index is 4.79. The molecule has 0 bridgehead atoms. The van der Waals surface area contributed by atoms with E-state index in [0.29, 0.717) is 12.0 Å². The molecule has 0 aromatic carbocycles. The predicted octanol–water partition coefficient (Wildman–Crippen LogP) is 4.44. The second-order valence-electron chi connectivity index (χ2n) is 6.15. The van der Waals surface area contributed by atoms with Crippen molar-refractivity contribution in [3.05, 3.63) is 11.9 Å². The molecule has 0 unspecified atom stereocenters. The van der Waals surface area contributed by atoms with Crippen LogP contribution in [0.5, 0.6) is 0 Å². The van der Waals surface area contributed by atoms with Crippen molar-refractivity contribution in [3.63, 3.8) is 0 Å². The molecule has 4 nitrogen and oxygen atoms in total. The SMILES string of the molecule is CCCCCN(c1cc(NCC)nc(C(C)C)n1)C(C)C. The third kappa shape index (κ3) is 5.52. The highest BCUT2D eigenvalue weighted by Gasteiger charge is 2.15. The van der Waals surface area contributed by atoms with E-state index in [1.165, 1.54) is 19.3 Å². The van der Waals surface area contributed by atoms with E-state index in [0.717, 1.165) is 30.5 Å². The molecule has 21 heavy (non-hydrogen) atoms. The first-order valence-corrected chi connectivity index (χ1v) is 8.39. The molecule has 0 fully saturated rings. The Bertz CT molecular complexity index is 415. The minimum Gasteiger partial charge on any atom is -0.370 e. The molecule has 0 saturated carbocycles. The van der Waals surface area contributed by atoms with Crippen LogP contribution in [0.3, 0.4) is 0 Å². The molecule has 0 amide bonds. The summed E-state index contributed by atoms with van der Waals surface area (Å²) < 4.78 is 0. The van der Waals surface area contributed by atoms with Crippen molar-refractivity contribution in [3.8, 4) is 0 Å². The van der Waals surface area contributed by atoms with Gasteiger partial charge in [-0.1, -0.05) is 33.6 Å². The van der Waals surface area contributed by atoms with Gasteiger partial charge in [0.2, 0.25) is 0 Å². The number of anilines is 2. The van der Waals surface area contributed by atoms with E-state index in [9.17, 15) is 0 Å². The van der Waals surface area contributed by atoms with Crippen LogP contribution in [-0.2, 0) is 0 Å². The van der Waals surface area contributed by atoms with Gasteiger partial charge in [-0.15, -0.1) is 0 Å². The molecule has 0 atom stereocenters. The van der Waals surface area contributed by atoms with E-state index in [1.54, 1.807) is 0 Å². The number of nitrogens with zero attached hydrogens (tertiary/aromatic N) is 3. The molecule has 0 aliphatic carbocycles. The lowest BCUT2D eigenvalue weighted by molar-refractivity contribution is 0.615. The largest absolute Gasteiger partial charge is 0.370 e. The number of unbranched alkanes of at least 4 members (excludes halogenated alkanes) is 2. The van der Waals surface area contributed by atoms with Gasteiger partial charge >= 0.3 is 0 Å². The van der Waals surface area contributed by atoms with Crippen LogP contribution in [0.2, 0.25) is 0 Å². The Balaban J connectivity index is 3.04. The van der Waals surface area contributed by atoms with Crippen LogP contribution in [-0.4, -0.2) is 29.1 Å². The van der Waals surface area contributed by atoms with Crippen LogP contribution in [0.1, 0.15) is 72.5 Å². The molecular formula is C17H32N4. The molecule has 1 N–H and O–H groups in total. The fourth-order valence-corrected chi connectivity index (χ4v) is 2.30. The van der Waals surface area contributed by atoms with Crippen LogP contribution in [0.15, 0.2) is 6.07 Å². The number of hydrogen-bond donors (Lipinski definition) is 1. The van der Waals surface area contributed by atoms with E-state index in [2.05, 4.69) is 62.8 Å². The Morgan fingerprint density at radius 3 is 2.33 bits per heavy atom. The molecule has 1 aromatic heterocycles. The molecule has 0 radical (unpaired) electrons. The van der Waals surface area contributed by atoms with Crippen LogP contribution in [0.4, 0.5) is 11.6 Å². The van der Waals surface area contributed by atoms with E-state index in [4.69, 9.17) is 4.98 Å². The average molecular weight is 292 g/mol. The minimum atomic E-state index is 0.340. The zero-order chi connectivity index (χ0) is 15.8. The van der Waals surface area contributed by atoms with Crippen LogP contribution >= 0.6 is 0 Å². The lowest BCUT2D eigenvalue weighted by Gasteiger charge is -2.29. The molecule has 1 aromatic rings. The maximum Gasteiger partial charge on any atom is 0.135 e. The van der Waals surface area contributed by atoms with E-state index in [-0.39, 0.29) is 0 Å². The third-order valence-corrected chi connectivity index (χ3v) is 3.52. The van der Waals surface area contributed by atoms with Gasteiger partial charge in [0.15, 0.2) is 0 Å². The van der Waals surface area contributed by atoms with Gasteiger partial charge in [-0.25, -0.2) is 9.97 Å². The van der Waals surface area contributed by atoms with Gasteiger partial charge < -0.3 is 10.2 Å². The Morgan fingerprint density at radius 2 is 1.81 bits per heavy atom. The first kappa shape index (κ1) is 17.7. The van der Waals surface area contributed by atoms with Crippen LogP contribution in [0.25, 0.3) is 0 Å². The van der Waals surface area contributed by atoms with Gasteiger partial charge in [-0.2, -0.15) is 0 Å². The maximum absolute atomic E-state index is 4.79. The molecule has 0 saturated heterocycles. The summed E-state index contributed by atoms with van der Waals surface area (Å²) in [5, 5.41) is 3.33. The summed E-state index contributed by atoms with van der Waals surface area (Å²) in [5.41, 5.74) is 0. The third-order valence-electron chi connectivity index (χ3n) is 3.52. The quantitative estimate of drug-likeness (QED) is 0.683. The molecule has 0 aliphatic rings. The first-order valence-electron chi connectivity index (χ1n) is 8.39. The molecule has 4 heteroatoms. The number of aromatic nitrogens is 2. The van der Waals surface area contributed by atoms with Crippen molar-refractivity contribution in [1.82, 2.24) is 9.97 Å². The predicted molar refractivity (Wildman–Crippen MR) is 92.3 cm³/mol. The average Bonchev–Trinajstić information content (AvgIpc) is 2.43. The Labute approximate surface area is 130 Å². The van der Waals surface area contributed by atoms with Crippen LogP contribution < -0.4 is 10.2 Å². The second kappa shape index (κ2) is 8.85. The highest BCUT2D eigenvalue weighted by molar-refractivity contribution is 5.50. The molecule has 120 valence electrons. The van der Waals surface area contributed by atoms with Gasteiger partial charge in [-0.3, -0.25) is 0 Å². The van der Waals surface area contributed by atoms with E-state index in [1.807, 2.05) is 0 Å². The fourth-order valence-electron chi connectivity index (χ4n) is 2.30. The first-order chi connectivity index (χ1) is 9.99. The van der Waals surface area contributed by atoms with Crippen molar-refractivity contribution in [2.45, 2.75) is 72.8 Å². The zero-order valence-corrected chi connectivity index (χ0v) is 14.6. The van der Waals surface area contributed by atoms with Gasteiger partial charge in [0.1, 0.15) is 17.5 Å². The monoisotopic (exact) mass is 292 g/mol. The summed E-state index contributed by atoms with van der Waals surface area (Å²) in [7, 11) is 0. The lowest BCUT2D eigenvalue weighted by Crippen LogP contribution is -2.33. The summed E-state index contributed by atoms with van der Waals surface area (Å²) >= 11 is 0. The number of hydrogen-bond acceptors (Lipinski definition) is 4. The van der Waals surface area contributed by atoms with Crippen LogP contribution in [0, 0.1) is 0 Å². The topological polar surface area (TPSA) is 41.0 Å². The molecule has 0 aliphatic heterocycles. The smallest absolute Gasteiger partial charge is 0.135 e. The Morgan fingerprint density at radius 1 is 1.10 bits per heavy atom. The Kier molecular flexibility index (Phi) is 7.48. The van der Waals surface area contributed by atoms with Crippen molar-refractivity contribution >= 4 is 11.6 Å². The molecule has 1 heterocycles.